The van der Waals surface area contributed by atoms with Crippen LogP contribution in [0.15, 0.2) is 72.9 Å². The number of hydrogen-bond donors (Lipinski definition) is 0. The Labute approximate surface area is 161 Å². The zero-order valence-corrected chi connectivity index (χ0v) is 15.0. The topological polar surface area (TPSA) is 84.0 Å². The molecule has 0 fully saturated rings. The van der Waals surface area contributed by atoms with Crippen LogP contribution in [0.5, 0.6) is 17.2 Å². The average molecular weight is 379 g/mol. The largest absolute Gasteiger partial charge is 0.519 e. The van der Waals surface area contributed by atoms with Gasteiger partial charge in [0.05, 0.1) is 5.69 Å². The zero-order chi connectivity index (χ0) is 19.8. The molecule has 3 rings (SSSR count). The van der Waals surface area contributed by atoms with Crippen molar-refractivity contribution in [1.82, 2.24) is 4.98 Å². The van der Waals surface area contributed by atoms with Gasteiger partial charge in [0.15, 0.2) is 5.75 Å². The highest BCUT2D eigenvalue weighted by Crippen LogP contribution is 2.19. The second kappa shape index (κ2) is 9.18. The molecule has 0 aliphatic rings. The summed E-state index contributed by atoms with van der Waals surface area (Å²) in [4.78, 5) is 27.8. The van der Waals surface area contributed by atoms with E-state index in [-0.39, 0.29) is 12.4 Å². The maximum absolute atomic E-state index is 11.9. The van der Waals surface area contributed by atoms with Crippen LogP contribution in [-0.2, 0) is 11.3 Å². The van der Waals surface area contributed by atoms with Crippen LogP contribution in [0.1, 0.15) is 11.3 Å². The van der Waals surface area contributed by atoms with Gasteiger partial charge in [-0.2, -0.15) is 0 Å². The summed E-state index contributed by atoms with van der Waals surface area (Å²) >= 11 is 0. The molecule has 0 atom stereocenters. The third-order valence-corrected chi connectivity index (χ3v) is 3.54. The van der Waals surface area contributed by atoms with Crippen LogP contribution < -0.4 is 14.2 Å². The molecular weight excluding hydrogens is 362 g/mol. The van der Waals surface area contributed by atoms with Gasteiger partial charge in [0, 0.05) is 11.8 Å². The molecule has 0 amide bonds. The third-order valence-electron chi connectivity index (χ3n) is 3.54. The number of nitrogens with zero attached hydrogens (tertiary/aromatic N) is 1. The van der Waals surface area contributed by atoms with Gasteiger partial charge in [0.2, 0.25) is 0 Å². The van der Waals surface area contributed by atoms with Crippen LogP contribution in [0.25, 0.3) is 0 Å². The Balaban J connectivity index is 1.56. The van der Waals surface area contributed by atoms with Crippen molar-refractivity contribution in [2.24, 2.45) is 0 Å². The summed E-state index contributed by atoms with van der Waals surface area (Å²) in [6, 6.07) is 18.7. The summed E-state index contributed by atoms with van der Waals surface area (Å²) in [6.45, 7) is 1.59. The summed E-state index contributed by atoms with van der Waals surface area (Å²) in [5.74, 6) is 0.946. The third kappa shape index (κ3) is 5.57. The van der Waals surface area contributed by atoms with Crippen molar-refractivity contribution < 1.29 is 28.5 Å². The molecule has 0 aliphatic heterocycles. The molecule has 0 N–H and O–H groups in total. The van der Waals surface area contributed by atoms with Crippen molar-refractivity contribution in [1.29, 1.82) is 0 Å². The van der Waals surface area contributed by atoms with E-state index in [9.17, 15) is 9.59 Å². The van der Waals surface area contributed by atoms with Crippen molar-refractivity contribution in [3.8, 4) is 17.2 Å². The molecule has 1 aromatic heterocycles. The predicted octanol–water partition coefficient (Wildman–Crippen LogP) is 4.68. The van der Waals surface area contributed by atoms with E-state index in [4.69, 9.17) is 18.9 Å². The van der Waals surface area contributed by atoms with Crippen molar-refractivity contribution in [3.05, 3.63) is 84.2 Å². The Hall–Kier alpha value is -3.87. The molecule has 1 heterocycles. The first-order valence-electron chi connectivity index (χ1n) is 8.40. The SMILES string of the molecule is Cc1ncc(COC(=O)Oc2ccccc2)cc1OC(=O)Oc1ccccc1. The zero-order valence-electron chi connectivity index (χ0n) is 15.0. The summed E-state index contributed by atoms with van der Waals surface area (Å²) in [6.07, 6.45) is -0.226. The van der Waals surface area contributed by atoms with Gasteiger partial charge in [0.1, 0.15) is 18.1 Å². The maximum Gasteiger partial charge on any atom is 0.519 e. The quantitative estimate of drug-likeness (QED) is 0.470. The highest BCUT2D eigenvalue weighted by molar-refractivity contribution is 5.67. The van der Waals surface area contributed by atoms with Crippen LogP contribution in [0.3, 0.4) is 0 Å². The molecule has 0 bridgehead atoms. The number of aromatic nitrogens is 1. The van der Waals surface area contributed by atoms with Crippen molar-refractivity contribution in [2.75, 3.05) is 0 Å². The summed E-state index contributed by atoms with van der Waals surface area (Å²) in [5.41, 5.74) is 1.01. The molecule has 0 radical (unpaired) electrons. The lowest BCUT2D eigenvalue weighted by molar-refractivity contribution is 0.0924. The summed E-state index contributed by atoms with van der Waals surface area (Å²) in [7, 11) is 0. The Morgan fingerprint density at radius 2 is 1.39 bits per heavy atom. The van der Waals surface area contributed by atoms with E-state index < -0.39 is 12.3 Å². The van der Waals surface area contributed by atoms with Crippen LogP contribution in [0.4, 0.5) is 9.59 Å². The molecule has 0 aliphatic carbocycles. The van der Waals surface area contributed by atoms with Gasteiger partial charge >= 0.3 is 12.3 Å². The molecule has 0 spiro atoms. The van der Waals surface area contributed by atoms with E-state index in [1.165, 1.54) is 6.20 Å². The summed E-state index contributed by atoms with van der Waals surface area (Å²) < 4.78 is 20.4. The number of rotatable bonds is 5. The molecule has 28 heavy (non-hydrogen) atoms. The Bertz CT molecular complexity index is 944. The normalized spacial score (nSPS) is 10.0. The molecule has 142 valence electrons. The Morgan fingerprint density at radius 1 is 0.821 bits per heavy atom. The number of para-hydroxylation sites is 2. The van der Waals surface area contributed by atoms with Crippen molar-refractivity contribution in [3.63, 3.8) is 0 Å². The monoisotopic (exact) mass is 379 g/mol. The molecular formula is C21H17NO6. The molecule has 3 aromatic rings. The number of pyridine rings is 1. The van der Waals surface area contributed by atoms with Gasteiger partial charge in [-0.1, -0.05) is 36.4 Å². The standard InChI is InChI=1S/C21H17NO6/c1-15-19(28-21(24)27-18-10-6-3-7-11-18)12-16(13-22-15)14-25-20(23)26-17-8-4-2-5-9-17/h2-13H,14H2,1H3. The van der Waals surface area contributed by atoms with Crippen LogP contribution in [0, 0.1) is 6.92 Å². The number of carbonyl (C=O) groups excluding carboxylic acids is 2. The minimum Gasteiger partial charge on any atom is -0.429 e. The van der Waals surface area contributed by atoms with Crippen LogP contribution >= 0.6 is 0 Å². The lowest BCUT2D eigenvalue weighted by Crippen LogP contribution is -2.15. The highest BCUT2D eigenvalue weighted by Gasteiger charge is 2.13. The van der Waals surface area contributed by atoms with Crippen LogP contribution in [-0.4, -0.2) is 17.3 Å². The fourth-order valence-electron chi connectivity index (χ4n) is 2.19. The van der Waals surface area contributed by atoms with Gasteiger partial charge < -0.3 is 18.9 Å². The summed E-state index contributed by atoms with van der Waals surface area (Å²) in [5, 5.41) is 0. The number of carbonyl (C=O) groups is 2. The maximum atomic E-state index is 11.9. The second-order valence-electron chi connectivity index (χ2n) is 5.65. The van der Waals surface area contributed by atoms with Gasteiger partial charge in [-0.25, -0.2) is 9.59 Å². The molecule has 7 heteroatoms. The first-order chi connectivity index (χ1) is 13.6. The molecule has 7 nitrogen and oxygen atoms in total. The number of ether oxygens (including phenoxy) is 4. The average Bonchev–Trinajstić information content (AvgIpc) is 2.70. The lowest BCUT2D eigenvalue weighted by Gasteiger charge is -2.10. The number of aryl methyl sites for hydroxylation is 1. The fourth-order valence-corrected chi connectivity index (χ4v) is 2.19. The van der Waals surface area contributed by atoms with Gasteiger partial charge in [-0.3, -0.25) is 4.98 Å². The predicted molar refractivity (Wildman–Crippen MR) is 99.3 cm³/mol. The Morgan fingerprint density at radius 3 is 2.00 bits per heavy atom. The molecule has 0 saturated heterocycles. The Kier molecular flexibility index (Phi) is 6.20. The van der Waals surface area contributed by atoms with Gasteiger partial charge in [-0.15, -0.1) is 0 Å². The van der Waals surface area contributed by atoms with Crippen LogP contribution in [0.2, 0.25) is 0 Å². The molecule has 2 aromatic carbocycles. The lowest BCUT2D eigenvalue weighted by atomic mass is 10.2. The first kappa shape index (κ1) is 18.9. The fraction of sp³-hybridized carbons (Fsp3) is 0.0952. The minimum absolute atomic E-state index is 0.0942. The van der Waals surface area contributed by atoms with Gasteiger partial charge in [-0.05, 0) is 37.3 Å². The number of hydrogen-bond acceptors (Lipinski definition) is 7. The molecule has 0 saturated carbocycles. The second-order valence-corrected chi connectivity index (χ2v) is 5.65. The van der Waals surface area contributed by atoms with E-state index in [1.807, 2.05) is 0 Å². The van der Waals surface area contributed by atoms with Crippen molar-refractivity contribution >= 4 is 12.3 Å². The highest BCUT2D eigenvalue weighted by atomic mass is 16.7. The van der Waals surface area contributed by atoms with E-state index in [0.717, 1.165) is 0 Å². The van der Waals surface area contributed by atoms with Gasteiger partial charge in [0.25, 0.3) is 0 Å². The van der Waals surface area contributed by atoms with E-state index in [1.54, 1.807) is 73.7 Å². The van der Waals surface area contributed by atoms with E-state index in [0.29, 0.717) is 22.8 Å². The van der Waals surface area contributed by atoms with E-state index >= 15 is 0 Å². The van der Waals surface area contributed by atoms with Crippen molar-refractivity contribution in [2.45, 2.75) is 13.5 Å². The smallest absolute Gasteiger partial charge is 0.429 e. The number of benzene rings is 2. The first-order valence-corrected chi connectivity index (χ1v) is 8.40. The molecule has 0 unspecified atom stereocenters. The van der Waals surface area contributed by atoms with E-state index in [2.05, 4.69) is 4.98 Å². The minimum atomic E-state index is -0.891.